The summed E-state index contributed by atoms with van der Waals surface area (Å²) in [4.78, 5) is 25.4. The maximum absolute atomic E-state index is 12.8. The summed E-state index contributed by atoms with van der Waals surface area (Å²) in [6, 6.07) is 8.64. The highest BCUT2D eigenvalue weighted by Crippen LogP contribution is 2.29. The molecule has 0 aliphatic carbocycles. The standard InChI is InChI=1S/C20H20ClN7O/c1-10(2)26-20(29)13-7-12-5-4-6-15(21)17(12)28-16(13)11(3)27-19-14(8-22)18(23)24-9-25-19/h4-7,9-11H,1-3H3,(H,26,29)(H3,23,24,25,27). The van der Waals surface area contributed by atoms with Crippen LogP contribution in [0.3, 0.4) is 0 Å². The topological polar surface area (TPSA) is 130 Å². The Morgan fingerprint density at radius 2 is 2.03 bits per heavy atom. The van der Waals surface area contributed by atoms with Crippen molar-refractivity contribution >= 4 is 40.0 Å². The SMILES string of the molecule is CC(C)NC(=O)c1cc2cccc(Cl)c2nc1C(C)Nc1ncnc(N)c1C#N. The van der Waals surface area contributed by atoms with Crippen LogP contribution in [-0.2, 0) is 0 Å². The molecule has 8 nitrogen and oxygen atoms in total. The summed E-state index contributed by atoms with van der Waals surface area (Å²) in [5.41, 5.74) is 7.37. The van der Waals surface area contributed by atoms with Crippen molar-refractivity contribution in [1.82, 2.24) is 20.3 Å². The number of nitrogens with two attached hydrogens (primary N) is 1. The Kier molecular flexibility index (Phi) is 5.80. The molecular formula is C20H20ClN7O. The average Bonchev–Trinajstić information content (AvgIpc) is 2.67. The zero-order valence-corrected chi connectivity index (χ0v) is 16.9. The van der Waals surface area contributed by atoms with Gasteiger partial charge in [-0.05, 0) is 32.9 Å². The number of hydrogen-bond donors (Lipinski definition) is 3. The summed E-state index contributed by atoms with van der Waals surface area (Å²) in [5, 5.41) is 16.6. The van der Waals surface area contributed by atoms with E-state index >= 15 is 0 Å². The van der Waals surface area contributed by atoms with E-state index in [1.807, 2.05) is 32.9 Å². The number of carbonyl (C=O) groups excluding carboxylic acids is 1. The van der Waals surface area contributed by atoms with Crippen LogP contribution in [0.25, 0.3) is 10.9 Å². The van der Waals surface area contributed by atoms with Crippen LogP contribution in [0.1, 0.15) is 48.4 Å². The Bertz CT molecular complexity index is 1120. The van der Waals surface area contributed by atoms with Gasteiger partial charge in [0, 0.05) is 11.4 Å². The predicted molar refractivity (Wildman–Crippen MR) is 113 cm³/mol. The maximum Gasteiger partial charge on any atom is 0.253 e. The van der Waals surface area contributed by atoms with E-state index in [0.29, 0.717) is 21.8 Å². The first-order valence-corrected chi connectivity index (χ1v) is 9.36. The minimum Gasteiger partial charge on any atom is -0.382 e. The molecule has 0 bridgehead atoms. The van der Waals surface area contributed by atoms with Gasteiger partial charge < -0.3 is 16.4 Å². The van der Waals surface area contributed by atoms with Crippen molar-refractivity contribution in [2.45, 2.75) is 32.9 Å². The molecule has 0 aliphatic heterocycles. The first-order chi connectivity index (χ1) is 13.8. The monoisotopic (exact) mass is 409 g/mol. The van der Waals surface area contributed by atoms with E-state index in [1.54, 1.807) is 18.2 Å². The Morgan fingerprint density at radius 1 is 1.28 bits per heavy atom. The molecule has 2 heterocycles. The van der Waals surface area contributed by atoms with Crippen molar-refractivity contribution in [3.05, 3.63) is 52.4 Å². The molecule has 1 amide bonds. The summed E-state index contributed by atoms with van der Waals surface area (Å²) in [5.74, 6) is 0.0917. The van der Waals surface area contributed by atoms with E-state index in [4.69, 9.17) is 17.3 Å². The zero-order chi connectivity index (χ0) is 21.1. The summed E-state index contributed by atoms with van der Waals surface area (Å²) in [6.45, 7) is 5.58. The molecule has 1 unspecified atom stereocenters. The van der Waals surface area contributed by atoms with Gasteiger partial charge in [0.25, 0.3) is 5.91 Å². The van der Waals surface area contributed by atoms with E-state index in [2.05, 4.69) is 25.6 Å². The molecule has 9 heteroatoms. The second kappa shape index (κ2) is 8.29. The lowest BCUT2D eigenvalue weighted by Gasteiger charge is -2.20. The van der Waals surface area contributed by atoms with Gasteiger partial charge in [-0.1, -0.05) is 23.7 Å². The zero-order valence-electron chi connectivity index (χ0n) is 16.2. The molecule has 0 radical (unpaired) electrons. The lowest BCUT2D eigenvalue weighted by molar-refractivity contribution is 0.0941. The van der Waals surface area contributed by atoms with Crippen molar-refractivity contribution in [2.75, 3.05) is 11.1 Å². The molecule has 4 N–H and O–H groups in total. The fourth-order valence-corrected chi connectivity index (χ4v) is 3.14. The molecule has 1 aromatic carbocycles. The number of anilines is 2. The Balaban J connectivity index is 2.11. The Morgan fingerprint density at radius 3 is 2.72 bits per heavy atom. The highest BCUT2D eigenvalue weighted by atomic mass is 35.5. The van der Waals surface area contributed by atoms with Crippen molar-refractivity contribution < 1.29 is 4.79 Å². The van der Waals surface area contributed by atoms with Crippen molar-refractivity contribution in [2.24, 2.45) is 0 Å². The van der Waals surface area contributed by atoms with Crippen LogP contribution in [0.4, 0.5) is 11.6 Å². The average molecular weight is 410 g/mol. The van der Waals surface area contributed by atoms with Crippen molar-refractivity contribution in [3.8, 4) is 6.07 Å². The Labute approximate surface area is 173 Å². The largest absolute Gasteiger partial charge is 0.382 e. The highest BCUT2D eigenvalue weighted by molar-refractivity contribution is 6.35. The number of halogens is 1. The maximum atomic E-state index is 12.8. The number of nitrogens with one attached hydrogen (secondary N) is 2. The van der Waals surface area contributed by atoms with Gasteiger partial charge in [0.15, 0.2) is 0 Å². The molecule has 0 saturated carbocycles. The van der Waals surface area contributed by atoms with Gasteiger partial charge in [-0.25, -0.2) is 15.0 Å². The summed E-state index contributed by atoms with van der Waals surface area (Å²) in [7, 11) is 0. The third kappa shape index (κ3) is 4.20. The molecule has 0 aliphatic rings. The van der Waals surface area contributed by atoms with Crippen LogP contribution in [0.2, 0.25) is 5.02 Å². The molecule has 1 atom stereocenters. The van der Waals surface area contributed by atoms with Gasteiger partial charge in [0.2, 0.25) is 0 Å². The smallest absolute Gasteiger partial charge is 0.253 e. The molecular weight excluding hydrogens is 390 g/mol. The minimum atomic E-state index is -0.468. The van der Waals surface area contributed by atoms with Gasteiger partial charge >= 0.3 is 0 Å². The number of nitrogen functional groups attached to an aromatic ring is 1. The van der Waals surface area contributed by atoms with E-state index in [-0.39, 0.29) is 29.1 Å². The van der Waals surface area contributed by atoms with Gasteiger partial charge in [-0.2, -0.15) is 5.26 Å². The molecule has 2 aromatic heterocycles. The molecule has 0 fully saturated rings. The second-order valence-corrected chi connectivity index (χ2v) is 7.23. The number of pyridine rings is 1. The van der Waals surface area contributed by atoms with Crippen LogP contribution >= 0.6 is 11.6 Å². The van der Waals surface area contributed by atoms with E-state index < -0.39 is 6.04 Å². The van der Waals surface area contributed by atoms with E-state index in [9.17, 15) is 10.1 Å². The molecule has 3 rings (SSSR count). The number of nitriles is 1. The summed E-state index contributed by atoms with van der Waals surface area (Å²) >= 11 is 6.31. The first kappa shape index (κ1) is 20.3. The lowest BCUT2D eigenvalue weighted by atomic mass is 10.0. The third-order valence-electron chi connectivity index (χ3n) is 4.24. The van der Waals surface area contributed by atoms with E-state index in [1.165, 1.54) is 6.33 Å². The molecule has 3 aromatic rings. The number of hydrogen-bond acceptors (Lipinski definition) is 7. The van der Waals surface area contributed by atoms with Crippen molar-refractivity contribution in [1.29, 1.82) is 5.26 Å². The van der Waals surface area contributed by atoms with Crippen molar-refractivity contribution in [3.63, 3.8) is 0 Å². The molecule has 29 heavy (non-hydrogen) atoms. The molecule has 0 spiro atoms. The van der Waals surface area contributed by atoms with Gasteiger partial charge in [-0.15, -0.1) is 0 Å². The fraction of sp³-hybridized carbons (Fsp3) is 0.250. The van der Waals surface area contributed by atoms with Gasteiger partial charge in [0.1, 0.15) is 29.6 Å². The van der Waals surface area contributed by atoms with Gasteiger partial charge in [0.05, 0.1) is 27.8 Å². The fourth-order valence-electron chi connectivity index (χ4n) is 2.92. The van der Waals surface area contributed by atoms with Crippen LogP contribution in [-0.4, -0.2) is 26.9 Å². The number of nitrogens with zero attached hydrogens (tertiary/aromatic N) is 4. The number of carbonyl (C=O) groups is 1. The lowest BCUT2D eigenvalue weighted by Crippen LogP contribution is -2.31. The first-order valence-electron chi connectivity index (χ1n) is 8.99. The van der Waals surface area contributed by atoms with E-state index in [0.717, 1.165) is 5.39 Å². The highest BCUT2D eigenvalue weighted by Gasteiger charge is 2.22. The van der Waals surface area contributed by atoms with Crippen LogP contribution < -0.4 is 16.4 Å². The Hall–Kier alpha value is -3.44. The van der Waals surface area contributed by atoms with Crippen LogP contribution in [0, 0.1) is 11.3 Å². The number of para-hydroxylation sites is 1. The number of benzene rings is 1. The quantitative estimate of drug-likeness (QED) is 0.588. The van der Waals surface area contributed by atoms with Crippen LogP contribution in [0.15, 0.2) is 30.6 Å². The number of amides is 1. The minimum absolute atomic E-state index is 0.0412. The second-order valence-electron chi connectivity index (χ2n) is 6.82. The number of aromatic nitrogens is 3. The summed E-state index contributed by atoms with van der Waals surface area (Å²) < 4.78 is 0. The number of rotatable bonds is 5. The van der Waals surface area contributed by atoms with Gasteiger partial charge in [-0.3, -0.25) is 4.79 Å². The number of fused-ring (bicyclic) bond motifs is 1. The predicted octanol–water partition coefficient (Wildman–Crippen LogP) is 3.44. The molecule has 148 valence electrons. The summed E-state index contributed by atoms with van der Waals surface area (Å²) in [6.07, 6.45) is 1.27. The molecule has 0 saturated heterocycles. The normalized spacial score (nSPS) is 11.9. The third-order valence-corrected chi connectivity index (χ3v) is 4.55. The van der Waals surface area contributed by atoms with Crippen LogP contribution in [0.5, 0.6) is 0 Å².